The first kappa shape index (κ1) is 14.3. The zero-order valence-electron chi connectivity index (χ0n) is 10.4. The van der Waals surface area contributed by atoms with Gasteiger partial charge in [-0.3, -0.25) is 4.90 Å². The maximum Gasteiger partial charge on any atom is 0.130 e. The predicted octanol–water partition coefficient (Wildman–Crippen LogP) is 4.16. The van der Waals surface area contributed by atoms with Gasteiger partial charge in [0, 0.05) is 29.9 Å². The molecule has 0 aliphatic rings. The maximum atomic E-state index is 13.1. The Morgan fingerprint density at radius 3 is 2.68 bits per heavy atom. The number of pyridine rings is 1. The number of hydrogen-bond acceptors (Lipinski definition) is 2. The van der Waals surface area contributed by atoms with Gasteiger partial charge in [0.25, 0.3) is 0 Å². The molecule has 0 spiro atoms. The van der Waals surface area contributed by atoms with Crippen LogP contribution in [0.4, 0.5) is 4.39 Å². The summed E-state index contributed by atoms with van der Waals surface area (Å²) in [7, 11) is 1.94. The summed E-state index contributed by atoms with van der Waals surface area (Å²) < 4.78 is 13.1. The van der Waals surface area contributed by atoms with Crippen molar-refractivity contribution in [3.05, 3.63) is 63.6 Å². The standard InChI is InChI=1S/C14H13Cl2FN2/c1-19(8-10-3-2-4-12(17)5-10)9-11-7-18-14(16)6-13(11)15/h2-7H,8-9H2,1H3. The van der Waals surface area contributed by atoms with Crippen molar-refractivity contribution in [1.29, 1.82) is 0 Å². The molecule has 0 fully saturated rings. The third-order valence-electron chi connectivity index (χ3n) is 2.68. The summed E-state index contributed by atoms with van der Waals surface area (Å²) in [5.74, 6) is -0.225. The van der Waals surface area contributed by atoms with Crippen LogP contribution in [-0.4, -0.2) is 16.9 Å². The van der Waals surface area contributed by atoms with Crippen LogP contribution in [0.3, 0.4) is 0 Å². The van der Waals surface area contributed by atoms with E-state index in [0.29, 0.717) is 23.3 Å². The maximum absolute atomic E-state index is 13.1. The molecule has 0 amide bonds. The summed E-state index contributed by atoms with van der Waals surface area (Å²) >= 11 is 11.8. The first-order valence-electron chi connectivity index (χ1n) is 5.77. The van der Waals surface area contributed by atoms with E-state index in [1.165, 1.54) is 12.1 Å². The van der Waals surface area contributed by atoms with Crippen molar-refractivity contribution < 1.29 is 4.39 Å². The fourth-order valence-corrected chi connectivity index (χ4v) is 2.27. The molecule has 0 aliphatic carbocycles. The topological polar surface area (TPSA) is 16.1 Å². The molecule has 5 heteroatoms. The lowest BCUT2D eigenvalue weighted by molar-refractivity contribution is 0.318. The zero-order chi connectivity index (χ0) is 13.8. The van der Waals surface area contributed by atoms with Crippen LogP contribution in [0.1, 0.15) is 11.1 Å². The van der Waals surface area contributed by atoms with E-state index in [1.54, 1.807) is 18.3 Å². The Balaban J connectivity index is 2.03. The highest BCUT2D eigenvalue weighted by molar-refractivity contribution is 6.34. The summed E-state index contributed by atoms with van der Waals surface area (Å²) in [5, 5.41) is 0.965. The first-order valence-corrected chi connectivity index (χ1v) is 6.53. The minimum absolute atomic E-state index is 0.225. The van der Waals surface area contributed by atoms with Crippen molar-refractivity contribution in [2.45, 2.75) is 13.1 Å². The van der Waals surface area contributed by atoms with Crippen molar-refractivity contribution in [1.82, 2.24) is 9.88 Å². The first-order chi connectivity index (χ1) is 9.04. The second kappa shape index (κ2) is 6.33. The summed E-state index contributed by atoms with van der Waals surface area (Å²) in [4.78, 5) is 6.04. The molecule has 0 aliphatic heterocycles. The van der Waals surface area contributed by atoms with E-state index in [1.807, 2.05) is 18.0 Å². The van der Waals surface area contributed by atoms with E-state index in [0.717, 1.165) is 11.1 Å². The van der Waals surface area contributed by atoms with E-state index < -0.39 is 0 Å². The molecule has 0 unspecified atom stereocenters. The Labute approximate surface area is 121 Å². The van der Waals surface area contributed by atoms with E-state index in [9.17, 15) is 4.39 Å². The van der Waals surface area contributed by atoms with Crippen molar-refractivity contribution in [3.63, 3.8) is 0 Å². The van der Waals surface area contributed by atoms with E-state index >= 15 is 0 Å². The highest BCUT2D eigenvalue weighted by Crippen LogP contribution is 2.20. The van der Waals surface area contributed by atoms with Crippen LogP contribution in [0, 0.1) is 5.82 Å². The van der Waals surface area contributed by atoms with Crippen LogP contribution in [0.5, 0.6) is 0 Å². The molecule has 1 heterocycles. The molecule has 2 rings (SSSR count). The van der Waals surface area contributed by atoms with Gasteiger partial charge in [0.15, 0.2) is 0 Å². The number of rotatable bonds is 4. The molecular weight excluding hydrogens is 286 g/mol. The Hall–Kier alpha value is -1.16. The number of halogens is 3. The Kier molecular flexibility index (Phi) is 4.75. The molecule has 0 N–H and O–H groups in total. The zero-order valence-corrected chi connectivity index (χ0v) is 11.9. The molecule has 0 saturated carbocycles. The summed E-state index contributed by atoms with van der Waals surface area (Å²) in [6, 6.07) is 8.17. The summed E-state index contributed by atoms with van der Waals surface area (Å²) in [5.41, 5.74) is 1.81. The van der Waals surface area contributed by atoms with Gasteiger partial charge >= 0.3 is 0 Å². The van der Waals surface area contributed by atoms with Crippen molar-refractivity contribution in [2.75, 3.05) is 7.05 Å². The molecule has 1 aromatic heterocycles. The SMILES string of the molecule is CN(Cc1cccc(F)c1)Cc1cnc(Cl)cc1Cl. The smallest absolute Gasteiger partial charge is 0.130 e. The van der Waals surface area contributed by atoms with Crippen LogP contribution in [0.15, 0.2) is 36.5 Å². The van der Waals surface area contributed by atoms with Gasteiger partial charge in [0.1, 0.15) is 11.0 Å². The van der Waals surface area contributed by atoms with Crippen molar-refractivity contribution >= 4 is 23.2 Å². The number of hydrogen-bond donors (Lipinski definition) is 0. The second-order valence-corrected chi connectivity index (χ2v) is 5.20. The van der Waals surface area contributed by atoms with Gasteiger partial charge in [0.05, 0.1) is 0 Å². The fraction of sp³-hybridized carbons (Fsp3) is 0.214. The van der Waals surface area contributed by atoms with Gasteiger partial charge < -0.3 is 0 Å². The third kappa shape index (κ3) is 4.16. The van der Waals surface area contributed by atoms with Crippen molar-refractivity contribution in [3.8, 4) is 0 Å². The Morgan fingerprint density at radius 2 is 2.00 bits per heavy atom. The second-order valence-electron chi connectivity index (χ2n) is 4.40. The molecule has 0 atom stereocenters. The summed E-state index contributed by atoms with van der Waals surface area (Å²) in [6.45, 7) is 1.26. The lowest BCUT2D eigenvalue weighted by atomic mass is 10.2. The summed E-state index contributed by atoms with van der Waals surface area (Å²) in [6.07, 6.45) is 1.66. The number of aromatic nitrogens is 1. The molecule has 0 saturated heterocycles. The molecule has 19 heavy (non-hydrogen) atoms. The third-order valence-corrected chi connectivity index (χ3v) is 3.24. The van der Waals surface area contributed by atoms with Gasteiger partial charge in [-0.05, 0) is 30.8 Å². The van der Waals surface area contributed by atoms with Crippen LogP contribution >= 0.6 is 23.2 Å². The predicted molar refractivity (Wildman–Crippen MR) is 75.8 cm³/mol. The van der Waals surface area contributed by atoms with Gasteiger partial charge in [-0.1, -0.05) is 35.3 Å². The lowest BCUT2D eigenvalue weighted by Crippen LogP contribution is -2.17. The average molecular weight is 299 g/mol. The number of benzene rings is 1. The van der Waals surface area contributed by atoms with Crippen LogP contribution < -0.4 is 0 Å². The molecule has 100 valence electrons. The quantitative estimate of drug-likeness (QED) is 0.788. The average Bonchev–Trinajstić information content (AvgIpc) is 2.33. The van der Waals surface area contributed by atoms with Crippen LogP contribution in [0.2, 0.25) is 10.2 Å². The van der Waals surface area contributed by atoms with Gasteiger partial charge in [-0.2, -0.15) is 0 Å². The van der Waals surface area contributed by atoms with E-state index in [-0.39, 0.29) is 5.82 Å². The molecule has 0 radical (unpaired) electrons. The van der Waals surface area contributed by atoms with Crippen LogP contribution in [-0.2, 0) is 13.1 Å². The molecule has 2 aromatic rings. The molecular formula is C14H13Cl2FN2. The minimum atomic E-state index is -0.225. The normalized spacial score (nSPS) is 11.0. The minimum Gasteiger partial charge on any atom is -0.298 e. The van der Waals surface area contributed by atoms with Gasteiger partial charge in [-0.15, -0.1) is 0 Å². The van der Waals surface area contributed by atoms with Gasteiger partial charge in [-0.25, -0.2) is 9.37 Å². The van der Waals surface area contributed by atoms with Gasteiger partial charge in [0.2, 0.25) is 0 Å². The van der Waals surface area contributed by atoms with Crippen molar-refractivity contribution in [2.24, 2.45) is 0 Å². The van der Waals surface area contributed by atoms with Crippen LogP contribution in [0.25, 0.3) is 0 Å². The molecule has 1 aromatic carbocycles. The Morgan fingerprint density at radius 1 is 1.21 bits per heavy atom. The highest BCUT2D eigenvalue weighted by atomic mass is 35.5. The molecule has 0 bridgehead atoms. The fourth-order valence-electron chi connectivity index (χ4n) is 1.85. The lowest BCUT2D eigenvalue weighted by Gasteiger charge is -2.17. The highest BCUT2D eigenvalue weighted by Gasteiger charge is 2.07. The molecule has 2 nitrogen and oxygen atoms in total. The number of nitrogens with zero attached hydrogens (tertiary/aromatic N) is 2. The monoisotopic (exact) mass is 298 g/mol. The Bertz CT molecular complexity index is 575. The van der Waals surface area contributed by atoms with E-state index in [4.69, 9.17) is 23.2 Å². The van der Waals surface area contributed by atoms with E-state index in [2.05, 4.69) is 4.98 Å². The largest absolute Gasteiger partial charge is 0.298 e.